The molecule has 0 unspecified atom stereocenters. The first-order valence-corrected chi connectivity index (χ1v) is 7.56. The molecule has 0 heterocycles. The summed E-state index contributed by atoms with van der Waals surface area (Å²) in [5.41, 5.74) is 2.30. The van der Waals surface area contributed by atoms with E-state index in [1.165, 1.54) is 5.56 Å². The predicted molar refractivity (Wildman–Crippen MR) is 92.4 cm³/mol. The van der Waals surface area contributed by atoms with Crippen molar-refractivity contribution < 1.29 is 0 Å². The van der Waals surface area contributed by atoms with E-state index in [0.717, 1.165) is 30.4 Å². The zero-order valence-electron chi connectivity index (χ0n) is 13.3. The number of nitrogens with one attached hydrogen (secondary N) is 1. The molecule has 0 fully saturated rings. The number of likely N-dealkylation sites (N-methyl/N-ethyl adjacent to an activating group) is 1. The fourth-order valence-corrected chi connectivity index (χ4v) is 2.25. The molecule has 0 saturated heterocycles. The second kappa shape index (κ2) is 8.22. The zero-order chi connectivity index (χ0) is 15.1. The van der Waals surface area contributed by atoms with Crippen LogP contribution in [-0.4, -0.2) is 48.6 Å². The number of anilines is 1. The van der Waals surface area contributed by atoms with E-state index < -0.39 is 0 Å². The summed E-state index contributed by atoms with van der Waals surface area (Å²) in [5, 5.41) is 4.16. The van der Waals surface area contributed by atoms with Crippen LogP contribution in [0.2, 0.25) is 0 Å². The Morgan fingerprint density at radius 1 is 1.25 bits per heavy atom. The Hall–Kier alpha value is -1.13. The molecule has 0 aliphatic rings. The Morgan fingerprint density at radius 3 is 2.50 bits per heavy atom. The lowest BCUT2D eigenvalue weighted by Gasteiger charge is -2.28. The number of thiocarbonyl (C=S) groups is 1. The van der Waals surface area contributed by atoms with Gasteiger partial charge >= 0.3 is 0 Å². The summed E-state index contributed by atoms with van der Waals surface area (Å²) in [6.07, 6.45) is 0. The van der Waals surface area contributed by atoms with Crippen LogP contribution in [0.1, 0.15) is 19.4 Å². The second-order valence-electron chi connectivity index (χ2n) is 5.94. The third-order valence-corrected chi connectivity index (χ3v) is 3.32. The standard InChI is InChI=1S/C16H27N3S/c1-13(2)12-19(10-9-18(4)5)16(20)17-15-8-6-7-14(3)11-15/h6-8,11,13H,9-10,12H2,1-5H3,(H,17,20). The van der Waals surface area contributed by atoms with Gasteiger partial charge in [0.2, 0.25) is 0 Å². The van der Waals surface area contributed by atoms with E-state index in [4.69, 9.17) is 12.2 Å². The summed E-state index contributed by atoms with van der Waals surface area (Å²) in [4.78, 5) is 4.44. The van der Waals surface area contributed by atoms with E-state index in [1.54, 1.807) is 0 Å². The molecule has 0 aliphatic carbocycles. The lowest BCUT2D eigenvalue weighted by molar-refractivity contribution is 0.310. The SMILES string of the molecule is Cc1cccc(NC(=S)N(CCN(C)C)CC(C)C)c1. The molecule has 4 heteroatoms. The summed E-state index contributed by atoms with van der Waals surface area (Å²) >= 11 is 5.57. The molecule has 0 saturated carbocycles. The van der Waals surface area contributed by atoms with Crippen molar-refractivity contribution in [1.29, 1.82) is 0 Å². The Kier molecular flexibility index (Phi) is 6.96. The quantitative estimate of drug-likeness (QED) is 0.812. The molecule has 1 aromatic carbocycles. The molecule has 0 aliphatic heterocycles. The van der Waals surface area contributed by atoms with Gasteiger partial charge in [0.25, 0.3) is 0 Å². The lowest BCUT2D eigenvalue weighted by Crippen LogP contribution is -2.41. The smallest absolute Gasteiger partial charge is 0.173 e. The molecule has 0 aromatic heterocycles. The third-order valence-electron chi connectivity index (χ3n) is 2.96. The van der Waals surface area contributed by atoms with E-state index in [2.05, 4.69) is 68.2 Å². The van der Waals surface area contributed by atoms with Crippen LogP contribution in [0.15, 0.2) is 24.3 Å². The van der Waals surface area contributed by atoms with Gasteiger partial charge in [-0.05, 0) is 56.9 Å². The minimum Gasteiger partial charge on any atom is -0.347 e. The minimum absolute atomic E-state index is 0.592. The van der Waals surface area contributed by atoms with Gasteiger partial charge in [0.1, 0.15) is 0 Å². The fraction of sp³-hybridized carbons (Fsp3) is 0.562. The normalized spacial score (nSPS) is 10.9. The van der Waals surface area contributed by atoms with E-state index >= 15 is 0 Å². The van der Waals surface area contributed by atoms with Crippen molar-refractivity contribution in [3.8, 4) is 0 Å². The van der Waals surface area contributed by atoms with Crippen LogP contribution in [0.4, 0.5) is 5.69 Å². The van der Waals surface area contributed by atoms with E-state index in [1.807, 2.05) is 6.07 Å². The highest BCUT2D eigenvalue weighted by Crippen LogP contribution is 2.11. The molecular weight excluding hydrogens is 266 g/mol. The molecule has 0 radical (unpaired) electrons. The summed E-state index contributed by atoms with van der Waals surface area (Å²) in [6.45, 7) is 9.46. The van der Waals surface area contributed by atoms with Gasteiger partial charge in [-0.3, -0.25) is 0 Å². The highest BCUT2D eigenvalue weighted by atomic mass is 32.1. The van der Waals surface area contributed by atoms with Crippen LogP contribution < -0.4 is 5.32 Å². The first kappa shape index (κ1) is 16.9. The first-order valence-electron chi connectivity index (χ1n) is 7.16. The van der Waals surface area contributed by atoms with Gasteiger partial charge in [-0.15, -0.1) is 0 Å². The van der Waals surface area contributed by atoms with Gasteiger partial charge in [0.05, 0.1) is 0 Å². The first-order chi connectivity index (χ1) is 9.38. The van der Waals surface area contributed by atoms with Crippen LogP contribution in [0.3, 0.4) is 0 Å². The maximum Gasteiger partial charge on any atom is 0.173 e. The summed E-state index contributed by atoms with van der Waals surface area (Å²) in [5.74, 6) is 0.592. The van der Waals surface area contributed by atoms with Crippen molar-refractivity contribution in [2.45, 2.75) is 20.8 Å². The van der Waals surface area contributed by atoms with E-state index in [-0.39, 0.29) is 0 Å². The maximum absolute atomic E-state index is 5.57. The van der Waals surface area contributed by atoms with Crippen molar-refractivity contribution in [3.05, 3.63) is 29.8 Å². The van der Waals surface area contributed by atoms with Crippen LogP contribution in [0, 0.1) is 12.8 Å². The number of hydrogen-bond donors (Lipinski definition) is 1. The maximum atomic E-state index is 5.57. The predicted octanol–water partition coefficient (Wildman–Crippen LogP) is 3.21. The van der Waals surface area contributed by atoms with Gasteiger partial charge in [-0.1, -0.05) is 26.0 Å². The largest absolute Gasteiger partial charge is 0.347 e. The highest BCUT2D eigenvalue weighted by Gasteiger charge is 2.12. The lowest BCUT2D eigenvalue weighted by atomic mass is 10.2. The van der Waals surface area contributed by atoms with Crippen LogP contribution >= 0.6 is 12.2 Å². The Morgan fingerprint density at radius 2 is 1.95 bits per heavy atom. The van der Waals surface area contributed by atoms with Crippen molar-refractivity contribution in [1.82, 2.24) is 9.80 Å². The molecule has 1 N–H and O–H groups in total. The number of benzene rings is 1. The molecule has 112 valence electrons. The fourth-order valence-electron chi connectivity index (χ4n) is 1.96. The minimum atomic E-state index is 0.592. The van der Waals surface area contributed by atoms with E-state index in [9.17, 15) is 0 Å². The van der Waals surface area contributed by atoms with Crippen molar-refractivity contribution >= 4 is 23.0 Å². The second-order valence-corrected chi connectivity index (χ2v) is 6.33. The molecule has 0 amide bonds. The Bertz CT molecular complexity index is 429. The van der Waals surface area contributed by atoms with Crippen LogP contribution in [0.5, 0.6) is 0 Å². The molecule has 0 bridgehead atoms. The van der Waals surface area contributed by atoms with Gasteiger partial charge in [-0.2, -0.15) is 0 Å². The summed E-state index contributed by atoms with van der Waals surface area (Å²) in [6, 6.07) is 8.31. The number of aryl methyl sites for hydroxylation is 1. The van der Waals surface area contributed by atoms with Gasteiger partial charge in [0, 0.05) is 25.3 Å². The van der Waals surface area contributed by atoms with Crippen molar-refractivity contribution in [2.24, 2.45) is 5.92 Å². The summed E-state index contributed by atoms with van der Waals surface area (Å²) in [7, 11) is 4.18. The zero-order valence-corrected chi connectivity index (χ0v) is 14.1. The van der Waals surface area contributed by atoms with Gasteiger partial charge < -0.3 is 15.1 Å². The van der Waals surface area contributed by atoms with Gasteiger partial charge in [0.15, 0.2) is 5.11 Å². The molecule has 1 rings (SSSR count). The molecule has 3 nitrogen and oxygen atoms in total. The summed E-state index contributed by atoms with van der Waals surface area (Å²) < 4.78 is 0. The average molecular weight is 293 g/mol. The average Bonchev–Trinajstić information content (AvgIpc) is 2.33. The highest BCUT2D eigenvalue weighted by molar-refractivity contribution is 7.80. The van der Waals surface area contributed by atoms with Crippen molar-refractivity contribution in [2.75, 3.05) is 39.0 Å². The Labute approximate surface area is 129 Å². The molecule has 0 atom stereocenters. The molecule has 0 spiro atoms. The Balaban J connectivity index is 2.66. The van der Waals surface area contributed by atoms with Gasteiger partial charge in [-0.25, -0.2) is 0 Å². The van der Waals surface area contributed by atoms with Crippen molar-refractivity contribution in [3.63, 3.8) is 0 Å². The van der Waals surface area contributed by atoms with Crippen LogP contribution in [-0.2, 0) is 0 Å². The number of rotatable bonds is 6. The molecule has 1 aromatic rings. The van der Waals surface area contributed by atoms with E-state index in [0.29, 0.717) is 5.92 Å². The van der Waals surface area contributed by atoms with Crippen LogP contribution in [0.25, 0.3) is 0 Å². The molecular formula is C16H27N3S. The number of nitrogens with zero attached hydrogens (tertiary/aromatic N) is 2. The monoisotopic (exact) mass is 293 g/mol. The molecule has 20 heavy (non-hydrogen) atoms. The topological polar surface area (TPSA) is 18.5 Å². The third kappa shape index (κ3) is 6.35. The number of hydrogen-bond acceptors (Lipinski definition) is 2.